The summed E-state index contributed by atoms with van der Waals surface area (Å²) in [4.78, 5) is 12.5. The van der Waals surface area contributed by atoms with Crippen LogP contribution in [-0.2, 0) is 11.8 Å². The number of ether oxygens (including phenoxy) is 1. The molecule has 0 saturated heterocycles. The summed E-state index contributed by atoms with van der Waals surface area (Å²) in [6, 6.07) is 9.82. The number of benzene rings is 1. The van der Waals surface area contributed by atoms with E-state index in [-0.39, 0.29) is 0 Å². The topological polar surface area (TPSA) is 64.3 Å². The van der Waals surface area contributed by atoms with Gasteiger partial charge in [0.05, 0.1) is 10.6 Å². The third kappa shape index (κ3) is 3.29. The minimum atomic E-state index is -1.01. The molecule has 0 unspecified atom stereocenters. The average Bonchev–Trinajstić information content (AvgIpc) is 2.65. The molecule has 19 heavy (non-hydrogen) atoms. The summed E-state index contributed by atoms with van der Waals surface area (Å²) < 4.78 is 6.90. The molecule has 0 aliphatic carbocycles. The molecular formula is C13H14N2O3S. The fourth-order valence-electron chi connectivity index (χ4n) is 1.51. The van der Waals surface area contributed by atoms with Crippen molar-refractivity contribution in [2.24, 2.45) is 7.05 Å². The number of carboxylic acid groups (broad SMARTS) is 1. The summed E-state index contributed by atoms with van der Waals surface area (Å²) in [7, 11) is 1.80. The Labute approximate surface area is 115 Å². The minimum absolute atomic E-state index is 0.358. The van der Waals surface area contributed by atoms with E-state index in [1.807, 2.05) is 37.3 Å². The first-order chi connectivity index (χ1) is 9.08. The molecule has 0 fully saturated rings. The maximum atomic E-state index is 10.6. The molecule has 1 aromatic carbocycles. The first-order valence-electron chi connectivity index (χ1n) is 5.69. The second-order valence-electron chi connectivity index (χ2n) is 3.94. The monoisotopic (exact) mass is 278 g/mol. The molecule has 0 radical (unpaired) electrons. The molecule has 0 aliphatic rings. The normalized spacial score (nSPS) is 10.4. The Morgan fingerprint density at radius 3 is 2.74 bits per heavy atom. The van der Waals surface area contributed by atoms with Crippen LogP contribution < -0.4 is 4.74 Å². The van der Waals surface area contributed by atoms with Gasteiger partial charge in [0.25, 0.3) is 0 Å². The lowest BCUT2D eigenvalue weighted by atomic mass is 10.4. The van der Waals surface area contributed by atoms with E-state index < -0.39 is 12.6 Å². The highest BCUT2D eigenvalue weighted by Crippen LogP contribution is 2.36. The standard InChI is InChI=1S/C13H14N2O3S/c1-9-12(19-10-6-4-3-5-7-10)13(14-15(9)2)18-8-11(16)17/h3-7H,8H2,1-2H3,(H,16,17). The van der Waals surface area contributed by atoms with Crippen LogP contribution in [0.3, 0.4) is 0 Å². The number of rotatable bonds is 5. The van der Waals surface area contributed by atoms with E-state index in [4.69, 9.17) is 9.84 Å². The Hall–Kier alpha value is -1.95. The summed E-state index contributed by atoms with van der Waals surface area (Å²) in [5.74, 6) is -0.657. The largest absolute Gasteiger partial charge is 0.479 e. The van der Waals surface area contributed by atoms with Crippen LogP contribution in [0.2, 0.25) is 0 Å². The number of aromatic nitrogens is 2. The fraction of sp³-hybridized carbons (Fsp3) is 0.231. The number of nitrogens with zero attached hydrogens (tertiary/aromatic N) is 2. The van der Waals surface area contributed by atoms with E-state index in [0.717, 1.165) is 15.5 Å². The Morgan fingerprint density at radius 2 is 2.11 bits per heavy atom. The van der Waals surface area contributed by atoms with Crippen molar-refractivity contribution in [1.29, 1.82) is 0 Å². The molecule has 0 aliphatic heterocycles. The lowest BCUT2D eigenvalue weighted by Crippen LogP contribution is -2.10. The molecule has 1 aromatic heterocycles. The molecule has 5 nitrogen and oxygen atoms in total. The van der Waals surface area contributed by atoms with Crippen LogP contribution in [0, 0.1) is 6.92 Å². The van der Waals surface area contributed by atoms with Gasteiger partial charge in [-0.3, -0.25) is 4.68 Å². The Kier molecular flexibility index (Phi) is 4.11. The SMILES string of the molecule is Cc1c(Sc2ccccc2)c(OCC(=O)O)nn1C. The zero-order chi connectivity index (χ0) is 13.8. The zero-order valence-corrected chi connectivity index (χ0v) is 11.5. The van der Waals surface area contributed by atoms with Gasteiger partial charge >= 0.3 is 5.97 Å². The van der Waals surface area contributed by atoms with Gasteiger partial charge in [-0.15, -0.1) is 5.10 Å². The predicted molar refractivity (Wildman–Crippen MR) is 71.6 cm³/mol. The molecule has 100 valence electrons. The van der Waals surface area contributed by atoms with Crippen molar-refractivity contribution in [3.8, 4) is 5.88 Å². The van der Waals surface area contributed by atoms with Gasteiger partial charge < -0.3 is 9.84 Å². The average molecular weight is 278 g/mol. The first-order valence-corrected chi connectivity index (χ1v) is 6.50. The molecule has 2 rings (SSSR count). The summed E-state index contributed by atoms with van der Waals surface area (Å²) in [6.07, 6.45) is 0. The molecule has 0 atom stereocenters. The fourth-order valence-corrected chi connectivity index (χ4v) is 2.50. The molecule has 1 N–H and O–H groups in total. The van der Waals surface area contributed by atoms with Crippen LogP contribution in [0.15, 0.2) is 40.1 Å². The summed E-state index contributed by atoms with van der Waals surface area (Å²) >= 11 is 1.51. The van der Waals surface area contributed by atoms with E-state index in [1.54, 1.807) is 11.7 Å². The van der Waals surface area contributed by atoms with E-state index in [9.17, 15) is 4.79 Å². The summed E-state index contributed by atoms with van der Waals surface area (Å²) in [5, 5.41) is 12.9. The van der Waals surface area contributed by atoms with Crippen molar-refractivity contribution in [3.05, 3.63) is 36.0 Å². The molecule has 2 aromatic rings. The summed E-state index contributed by atoms with van der Waals surface area (Å²) in [5.41, 5.74) is 0.939. The summed E-state index contributed by atoms with van der Waals surface area (Å²) in [6.45, 7) is 1.53. The number of aliphatic carboxylic acids is 1. The van der Waals surface area contributed by atoms with Crippen molar-refractivity contribution in [2.45, 2.75) is 16.7 Å². The van der Waals surface area contributed by atoms with Crippen LogP contribution >= 0.6 is 11.8 Å². The van der Waals surface area contributed by atoms with E-state index >= 15 is 0 Å². The van der Waals surface area contributed by atoms with Gasteiger partial charge in [-0.1, -0.05) is 30.0 Å². The Bertz CT molecular complexity index is 581. The second kappa shape index (κ2) is 5.79. The molecular weight excluding hydrogens is 264 g/mol. The van der Waals surface area contributed by atoms with Gasteiger partial charge in [0, 0.05) is 11.9 Å². The van der Waals surface area contributed by atoms with E-state index in [2.05, 4.69) is 5.10 Å². The smallest absolute Gasteiger partial charge is 0.341 e. The van der Waals surface area contributed by atoms with E-state index in [1.165, 1.54) is 11.8 Å². The number of aryl methyl sites for hydroxylation is 1. The van der Waals surface area contributed by atoms with Gasteiger partial charge in [-0.05, 0) is 19.1 Å². The number of carboxylic acids is 1. The number of hydrogen-bond acceptors (Lipinski definition) is 4. The van der Waals surface area contributed by atoms with Gasteiger partial charge in [0.15, 0.2) is 6.61 Å². The van der Waals surface area contributed by atoms with Crippen molar-refractivity contribution < 1.29 is 14.6 Å². The van der Waals surface area contributed by atoms with Crippen LogP contribution in [0.4, 0.5) is 0 Å². The van der Waals surface area contributed by atoms with Gasteiger partial charge in [-0.25, -0.2) is 4.79 Å². The third-order valence-electron chi connectivity index (χ3n) is 2.54. The van der Waals surface area contributed by atoms with Crippen LogP contribution in [0.25, 0.3) is 0 Å². The van der Waals surface area contributed by atoms with E-state index in [0.29, 0.717) is 5.88 Å². The van der Waals surface area contributed by atoms with Gasteiger partial charge in [0.2, 0.25) is 5.88 Å². The highest BCUT2D eigenvalue weighted by Gasteiger charge is 2.16. The first kappa shape index (κ1) is 13.5. The Balaban J connectivity index is 2.25. The number of carbonyl (C=O) groups is 1. The molecule has 0 saturated carbocycles. The second-order valence-corrected chi connectivity index (χ2v) is 5.02. The van der Waals surface area contributed by atoms with Crippen molar-refractivity contribution in [2.75, 3.05) is 6.61 Å². The lowest BCUT2D eigenvalue weighted by molar-refractivity contribution is -0.139. The minimum Gasteiger partial charge on any atom is -0.479 e. The van der Waals surface area contributed by atoms with Crippen molar-refractivity contribution in [3.63, 3.8) is 0 Å². The van der Waals surface area contributed by atoms with Gasteiger partial charge in [-0.2, -0.15) is 0 Å². The quantitative estimate of drug-likeness (QED) is 0.909. The van der Waals surface area contributed by atoms with Crippen molar-refractivity contribution in [1.82, 2.24) is 9.78 Å². The molecule has 6 heteroatoms. The van der Waals surface area contributed by atoms with Crippen LogP contribution in [-0.4, -0.2) is 27.5 Å². The zero-order valence-electron chi connectivity index (χ0n) is 10.7. The lowest BCUT2D eigenvalue weighted by Gasteiger charge is -2.04. The van der Waals surface area contributed by atoms with Crippen molar-refractivity contribution >= 4 is 17.7 Å². The van der Waals surface area contributed by atoms with Crippen LogP contribution in [0.5, 0.6) is 5.88 Å². The molecule has 0 amide bonds. The Morgan fingerprint density at radius 1 is 1.42 bits per heavy atom. The van der Waals surface area contributed by atoms with Gasteiger partial charge in [0.1, 0.15) is 0 Å². The molecule has 0 spiro atoms. The van der Waals surface area contributed by atoms with Crippen LogP contribution in [0.1, 0.15) is 5.69 Å². The molecule has 0 bridgehead atoms. The highest BCUT2D eigenvalue weighted by molar-refractivity contribution is 7.99. The predicted octanol–water partition coefficient (Wildman–Crippen LogP) is 2.34. The molecule has 1 heterocycles. The third-order valence-corrected chi connectivity index (χ3v) is 3.73. The highest BCUT2D eigenvalue weighted by atomic mass is 32.2. The maximum absolute atomic E-state index is 10.6. The number of hydrogen-bond donors (Lipinski definition) is 1. The maximum Gasteiger partial charge on any atom is 0.341 e.